The van der Waals surface area contributed by atoms with Crippen molar-refractivity contribution in [2.24, 2.45) is 5.92 Å². The van der Waals surface area contributed by atoms with Crippen LogP contribution in [0.2, 0.25) is 0 Å². The lowest BCUT2D eigenvalue weighted by Gasteiger charge is -2.08. The maximum atomic E-state index is 11.3. The lowest BCUT2D eigenvalue weighted by Crippen LogP contribution is -2.31. The molecule has 1 aromatic carbocycles. The summed E-state index contributed by atoms with van der Waals surface area (Å²) in [6.07, 6.45) is 7.06. The smallest absolute Gasteiger partial charge is 0.319 e. The van der Waals surface area contributed by atoms with Crippen LogP contribution in [0.1, 0.15) is 26.7 Å². The van der Waals surface area contributed by atoms with E-state index in [4.69, 9.17) is 4.74 Å². The van der Waals surface area contributed by atoms with Crippen molar-refractivity contribution in [1.82, 2.24) is 5.32 Å². The fourth-order valence-electron chi connectivity index (χ4n) is 1.79. The van der Waals surface area contributed by atoms with Gasteiger partial charge in [-0.05, 0) is 30.9 Å². The number of nitrogens with one attached hydrogen (secondary N) is 2. The summed E-state index contributed by atoms with van der Waals surface area (Å²) in [5.74, 6) is 0.469. The zero-order chi connectivity index (χ0) is 15.5. The molecule has 2 amide bonds. The Kier molecular flexibility index (Phi) is 8.21. The lowest BCUT2D eigenvalue weighted by molar-refractivity contribution is 0.141. The number of hydrogen-bond donors (Lipinski definition) is 2. The third kappa shape index (κ3) is 8.15. The Morgan fingerprint density at radius 2 is 2.05 bits per heavy atom. The molecule has 4 heteroatoms. The van der Waals surface area contributed by atoms with E-state index in [0.29, 0.717) is 18.6 Å². The molecule has 0 aliphatic heterocycles. The third-order valence-electron chi connectivity index (χ3n) is 2.97. The maximum Gasteiger partial charge on any atom is 0.319 e. The highest BCUT2D eigenvalue weighted by molar-refractivity contribution is 5.89. The number of carbonyl (C=O) groups is 1. The lowest BCUT2D eigenvalue weighted by atomic mass is 10.2. The SMILES string of the molecule is CC(C)CNC(=O)Nc1ccccc1.COC1C=CCC1. The van der Waals surface area contributed by atoms with Crippen molar-refractivity contribution in [3.63, 3.8) is 0 Å². The van der Waals surface area contributed by atoms with Crippen molar-refractivity contribution >= 4 is 11.7 Å². The molecule has 21 heavy (non-hydrogen) atoms. The molecule has 0 heterocycles. The second kappa shape index (κ2) is 10.00. The third-order valence-corrected chi connectivity index (χ3v) is 2.97. The molecule has 0 aromatic heterocycles. The number of carbonyl (C=O) groups excluding carboxylic acids is 1. The van der Waals surface area contributed by atoms with Crippen LogP contribution >= 0.6 is 0 Å². The number of methoxy groups -OCH3 is 1. The van der Waals surface area contributed by atoms with Gasteiger partial charge >= 0.3 is 6.03 Å². The van der Waals surface area contributed by atoms with E-state index in [9.17, 15) is 4.79 Å². The average Bonchev–Trinajstić information content (AvgIpc) is 3.00. The summed E-state index contributed by atoms with van der Waals surface area (Å²) in [7, 11) is 1.75. The van der Waals surface area contributed by atoms with Crippen LogP contribution in [0.5, 0.6) is 0 Å². The minimum atomic E-state index is -0.148. The first-order valence-corrected chi connectivity index (χ1v) is 7.41. The van der Waals surface area contributed by atoms with E-state index in [-0.39, 0.29) is 6.03 Å². The summed E-state index contributed by atoms with van der Waals surface area (Å²) >= 11 is 0. The van der Waals surface area contributed by atoms with Crippen LogP contribution in [0.15, 0.2) is 42.5 Å². The second-order valence-corrected chi connectivity index (χ2v) is 5.37. The van der Waals surface area contributed by atoms with E-state index >= 15 is 0 Å². The summed E-state index contributed by atoms with van der Waals surface area (Å²) < 4.78 is 5.02. The molecule has 2 N–H and O–H groups in total. The Morgan fingerprint density at radius 3 is 2.52 bits per heavy atom. The van der Waals surface area contributed by atoms with Gasteiger partial charge in [-0.3, -0.25) is 0 Å². The number of benzene rings is 1. The van der Waals surface area contributed by atoms with Crippen LogP contribution < -0.4 is 10.6 Å². The summed E-state index contributed by atoms with van der Waals surface area (Å²) in [4.78, 5) is 11.3. The predicted molar refractivity (Wildman–Crippen MR) is 87.5 cm³/mol. The normalized spacial score (nSPS) is 16.3. The van der Waals surface area contributed by atoms with Gasteiger partial charge in [0.05, 0.1) is 6.10 Å². The van der Waals surface area contributed by atoms with Crippen molar-refractivity contribution in [2.45, 2.75) is 32.8 Å². The van der Waals surface area contributed by atoms with Crippen LogP contribution in [-0.2, 0) is 4.74 Å². The highest BCUT2D eigenvalue weighted by atomic mass is 16.5. The van der Waals surface area contributed by atoms with E-state index in [1.54, 1.807) is 7.11 Å². The molecule has 1 aliphatic carbocycles. The second-order valence-electron chi connectivity index (χ2n) is 5.37. The van der Waals surface area contributed by atoms with Gasteiger partial charge in [0.2, 0.25) is 0 Å². The molecule has 0 radical (unpaired) electrons. The molecule has 1 atom stereocenters. The van der Waals surface area contributed by atoms with Gasteiger partial charge in [-0.25, -0.2) is 4.79 Å². The molecule has 0 fully saturated rings. The molecule has 0 bridgehead atoms. The van der Waals surface area contributed by atoms with Crippen LogP contribution in [0.25, 0.3) is 0 Å². The zero-order valence-electron chi connectivity index (χ0n) is 13.1. The molecule has 0 saturated carbocycles. The summed E-state index contributed by atoms with van der Waals surface area (Å²) in [5, 5.41) is 5.53. The molecular formula is C17H26N2O2. The number of para-hydroxylation sites is 1. The first kappa shape index (κ1) is 17.2. The number of urea groups is 1. The van der Waals surface area contributed by atoms with Crippen molar-refractivity contribution in [3.05, 3.63) is 42.5 Å². The monoisotopic (exact) mass is 290 g/mol. The van der Waals surface area contributed by atoms with Gasteiger partial charge in [-0.2, -0.15) is 0 Å². The van der Waals surface area contributed by atoms with Crippen LogP contribution in [0, 0.1) is 5.92 Å². The molecule has 1 unspecified atom stereocenters. The molecule has 0 saturated heterocycles. The van der Waals surface area contributed by atoms with Crippen LogP contribution in [-0.4, -0.2) is 25.8 Å². The molecule has 116 valence electrons. The molecule has 1 aromatic rings. The highest BCUT2D eigenvalue weighted by Crippen LogP contribution is 2.10. The molecule has 2 rings (SSSR count). The van der Waals surface area contributed by atoms with E-state index in [0.717, 1.165) is 5.69 Å². The Morgan fingerprint density at radius 1 is 1.33 bits per heavy atom. The van der Waals surface area contributed by atoms with E-state index in [2.05, 4.69) is 36.6 Å². The highest BCUT2D eigenvalue weighted by Gasteiger charge is 2.04. The molecular weight excluding hydrogens is 264 g/mol. The number of hydrogen-bond acceptors (Lipinski definition) is 2. The Bertz CT molecular complexity index is 430. The quantitative estimate of drug-likeness (QED) is 0.828. The van der Waals surface area contributed by atoms with Crippen molar-refractivity contribution in [1.29, 1.82) is 0 Å². The van der Waals surface area contributed by atoms with Gasteiger partial charge in [0.1, 0.15) is 0 Å². The van der Waals surface area contributed by atoms with Crippen molar-refractivity contribution in [3.8, 4) is 0 Å². The van der Waals surface area contributed by atoms with Crippen LogP contribution in [0.4, 0.5) is 10.5 Å². The minimum Gasteiger partial charge on any atom is -0.377 e. The first-order valence-electron chi connectivity index (χ1n) is 7.41. The largest absolute Gasteiger partial charge is 0.377 e. The Balaban J connectivity index is 0.000000262. The number of rotatable bonds is 4. The van der Waals surface area contributed by atoms with E-state index in [1.165, 1.54) is 12.8 Å². The van der Waals surface area contributed by atoms with Crippen molar-refractivity contribution in [2.75, 3.05) is 19.0 Å². The van der Waals surface area contributed by atoms with E-state index in [1.807, 2.05) is 30.3 Å². The van der Waals surface area contributed by atoms with Gasteiger partial charge in [-0.1, -0.05) is 44.2 Å². The number of amides is 2. The molecule has 4 nitrogen and oxygen atoms in total. The summed E-state index contributed by atoms with van der Waals surface area (Å²) in [5.41, 5.74) is 0.814. The average molecular weight is 290 g/mol. The summed E-state index contributed by atoms with van der Waals surface area (Å²) in [6.45, 7) is 4.81. The zero-order valence-corrected chi connectivity index (χ0v) is 13.1. The fourth-order valence-corrected chi connectivity index (χ4v) is 1.79. The van der Waals surface area contributed by atoms with Gasteiger partial charge in [0.15, 0.2) is 0 Å². The standard InChI is InChI=1S/C11H16N2O.C6H10O/c1-9(2)8-12-11(14)13-10-6-4-3-5-7-10;1-7-6-4-2-3-5-6/h3-7,9H,8H2,1-2H3,(H2,12,13,14);2,4,6H,3,5H2,1H3. The minimum absolute atomic E-state index is 0.148. The van der Waals surface area contributed by atoms with Crippen molar-refractivity contribution < 1.29 is 9.53 Å². The first-order chi connectivity index (χ1) is 10.1. The maximum absolute atomic E-state index is 11.3. The predicted octanol–water partition coefficient (Wildman–Crippen LogP) is 3.82. The van der Waals surface area contributed by atoms with Gasteiger partial charge in [0, 0.05) is 19.3 Å². The number of anilines is 1. The topological polar surface area (TPSA) is 50.4 Å². The molecule has 1 aliphatic rings. The molecule has 0 spiro atoms. The van der Waals surface area contributed by atoms with Gasteiger partial charge < -0.3 is 15.4 Å². The van der Waals surface area contributed by atoms with E-state index < -0.39 is 0 Å². The van der Waals surface area contributed by atoms with Crippen LogP contribution in [0.3, 0.4) is 0 Å². The Labute approximate surface area is 127 Å². The Hall–Kier alpha value is -1.81. The summed E-state index contributed by atoms with van der Waals surface area (Å²) in [6, 6.07) is 9.25. The number of allylic oxidation sites excluding steroid dienone is 1. The number of ether oxygens (including phenoxy) is 1. The van der Waals surface area contributed by atoms with Gasteiger partial charge in [0.25, 0.3) is 0 Å². The fraction of sp³-hybridized carbons (Fsp3) is 0.471. The van der Waals surface area contributed by atoms with Gasteiger partial charge in [-0.15, -0.1) is 0 Å².